The molecule has 3 aromatic rings. The van der Waals surface area contributed by atoms with Gasteiger partial charge in [-0.2, -0.15) is 10.1 Å². The molecule has 7 heteroatoms. The molecule has 3 rings (SSSR count). The van der Waals surface area contributed by atoms with E-state index in [1.165, 1.54) is 5.56 Å². The Balaban J connectivity index is 1.69. The molecule has 1 aromatic heterocycles. The van der Waals surface area contributed by atoms with Crippen molar-refractivity contribution in [2.24, 2.45) is 0 Å². The lowest BCUT2D eigenvalue weighted by atomic mass is 10.1. The highest BCUT2D eigenvalue weighted by atomic mass is 16.5. The zero-order chi connectivity index (χ0) is 19.2. The van der Waals surface area contributed by atoms with Crippen molar-refractivity contribution in [1.29, 1.82) is 0 Å². The summed E-state index contributed by atoms with van der Waals surface area (Å²) in [4.78, 5) is 4.47. The lowest BCUT2D eigenvalue weighted by Gasteiger charge is -2.11. The number of hydrogen-bond donors (Lipinski definition) is 2. The minimum atomic E-state index is 0.444. The Labute approximate surface area is 158 Å². The van der Waals surface area contributed by atoms with Crippen LogP contribution in [-0.2, 0) is 6.54 Å². The zero-order valence-electron chi connectivity index (χ0n) is 15.9. The van der Waals surface area contributed by atoms with Crippen LogP contribution in [0, 0.1) is 13.8 Å². The van der Waals surface area contributed by atoms with E-state index in [4.69, 9.17) is 9.47 Å². The summed E-state index contributed by atoms with van der Waals surface area (Å²) in [7, 11) is 3.23. The maximum Gasteiger partial charge on any atom is 0.244 e. The molecule has 2 N–H and O–H groups in total. The van der Waals surface area contributed by atoms with Crippen LogP contribution in [0.15, 0.2) is 42.6 Å². The van der Waals surface area contributed by atoms with Crippen molar-refractivity contribution in [3.05, 3.63) is 59.3 Å². The van der Waals surface area contributed by atoms with Crippen LogP contribution in [0.5, 0.6) is 11.5 Å². The van der Waals surface area contributed by atoms with Gasteiger partial charge in [0.1, 0.15) is 0 Å². The van der Waals surface area contributed by atoms with Gasteiger partial charge in [0, 0.05) is 12.2 Å². The van der Waals surface area contributed by atoms with Gasteiger partial charge in [0.25, 0.3) is 0 Å². The SMILES string of the molecule is COc1ccc(CNc2nncc(Nc3ccc(C)cc3C)n2)cc1OC. The number of methoxy groups -OCH3 is 2. The van der Waals surface area contributed by atoms with Crippen molar-refractivity contribution in [2.75, 3.05) is 24.9 Å². The van der Waals surface area contributed by atoms with E-state index in [2.05, 4.69) is 51.8 Å². The summed E-state index contributed by atoms with van der Waals surface area (Å²) < 4.78 is 10.6. The van der Waals surface area contributed by atoms with Gasteiger partial charge in [0.05, 0.1) is 20.4 Å². The third-order valence-electron chi connectivity index (χ3n) is 4.10. The number of nitrogens with one attached hydrogen (secondary N) is 2. The van der Waals surface area contributed by atoms with Crippen molar-refractivity contribution < 1.29 is 9.47 Å². The van der Waals surface area contributed by atoms with Gasteiger partial charge in [-0.25, -0.2) is 0 Å². The number of benzene rings is 2. The van der Waals surface area contributed by atoms with E-state index in [-0.39, 0.29) is 0 Å². The molecule has 27 heavy (non-hydrogen) atoms. The predicted molar refractivity (Wildman–Crippen MR) is 106 cm³/mol. The van der Waals surface area contributed by atoms with Crippen LogP contribution in [-0.4, -0.2) is 29.4 Å². The monoisotopic (exact) mass is 365 g/mol. The van der Waals surface area contributed by atoms with Gasteiger partial charge in [-0.1, -0.05) is 23.8 Å². The van der Waals surface area contributed by atoms with Crippen LogP contribution in [0.25, 0.3) is 0 Å². The van der Waals surface area contributed by atoms with Gasteiger partial charge in [-0.05, 0) is 43.2 Å². The first-order valence-corrected chi connectivity index (χ1v) is 8.58. The number of hydrogen-bond acceptors (Lipinski definition) is 7. The van der Waals surface area contributed by atoms with Crippen molar-refractivity contribution in [1.82, 2.24) is 15.2 Å². The molecule has 0 bridgehead atoms. The zero-order valence-corrected chi connectivity index (χ0v) is 15.9. The van der Waals surface area contributed by atoms with Crippen LogP contribution >= 0.6 is 0 Å². The molecule has 140 valence electrons. The predicted octanol–water partition coefficient (Wildman–Crippen LogP) is 3.86. The number of aromatic nitrogens is 3. The summed E-state index contributed by atoms with van der Waals surface area (Å²) in [5.74, 6) is 2.45. The van der Waals surface area contributed by atoms with Crippen LogP contribution in [0.1, 0.15) is 16.7 Å². The summed E-state index contributed by atoms with van der Waals surface area (Å²) in [6, 6.07) is 11.9. The average Bonchev–Trinajstić information content (AvgIpc) is 2.68. The summed E-state index contributed by atoms with van der Waals surface area (Å²) in [5, 5.41) is 14.5. The molecule has 0 radical (unpaired) electrons. The minimum Gasteiger partial charge on any atom is -0.493 e. The summed E-state index contributed by atoms with van der Waals surface area (Å²) in [5.41, 5.74) is 4.38. The van der Waals surface area contributed by atoms with Crippen molar-refractivity contribution in [2.45, 2.75) is 20.4 Å². The number of ether oxygens (including phenoxy) is 2. The van der Waals surface area contributed by atoms with E-state index >= 15 is 0 Å². The van der Waals surface area contributed by atoms with Gasteiger partial charge < -0.3 is 20.1 Å². The first-order chi connectivity index (χ1) is 13.1. The lowest BCUT2D eigenvalue weighted by molar-refractivity contribution is 0.354. The smallest absolute Gasteiger partial charge is 0.244 e. The Bertz CT molecular complexity index is 930. The van der Waals surface area contributed by atoms with Gasteiger partial charge in [-0.15, -0.1) is 5.10 Å². The Morgan fingerprint density at radius 3 is 2.52 bits per heavy atom. The number of anilines is 3. The maximum atomic E-state index is 5.33. The number of aryl methyl sites for hydroxylation is 2. The maximum absolute atomic E-state index is 5.33. The quantitative estimate of drug-likeness (QED) is 0.658. The normalized spacial score (nSPS) is 10.4. The summed E-state index contributed by atoms with van der Waals surface area (Å²) >= 11 is 0. The van der Waals surface area contributed by atoms with E-state index in [9.17, 15) is 0 Å². The molecular formula is C20H23N5O2. The molecule has 0 saturated carbocycles. The van der Waals surface area contributed by atoms with Gasteiger partial charge >= 0.3 is 0 Å². The fraction of sp³-hybridized carbons (Fsp3) is 0.250. The molecular weight excluding hydrogens is 342 g/mol. The largest absolute Gasteiger partial charge is 0.493 e. The molecule has 2 aromatic carbocycles. The molecule has 0 aliphatic rings. The average molecular weight is 365 g/mol. The standard InChI is InChI=1S/C20H23N5O2/c1-13-5-7-16(14(2)9-13)23-19-12-22-25-20(24-19)21-11-15-6-8-17(26-3)18(10-15)27-4/h5-10,12H,11H2,1-4H3,(H2,21,23,24,25). The molecule has 0 unspecified atom stereocenters. The van der Waals surface area contributed by atoms with E-state index in [0.29, 0.717) is 29.8 Å². The first kappa shape index (κ1) is 18.4. The van der Waals surface area contributed by atoms with Gasteiger partial charge in [-0.3, -0.25) is 0 Å². The fourth-order valence-electron chi connectivity index (χ4n) is 2.70. The summed E-state index contributed by atoms with van der Waals surface area (Å²) in [6.45, 7) is 4.66. The van der Waals surface area contributed by atoms with Crippen molar-refractivity contribution >= 4 is 17.5 Å². The number of nitrogens with zero attached hydrogens (tertiary/aromatic N) is 3. The third-order valence-corrected chi connectivity index (χ3v) is 4.10. The second kappa shape index (κ2) is 8.35. The highest BCUT2D eigenvalue weighted by Gasteiger charge is 2.06. The fourth-order valence-corrected chi connectivity index (χ4v) is 2.70. The molecule has 1 heterocycles. The van der Waals surface area contributed by atoms with Crippen molar-refractivity contribution in [3.8, 4) is 11.5 Å². The van der Waals surface area contributed by atoms with E-state index < -0.39 is 0 Å². The molecule has 0 aliphatic carbocycles. The molecule has 0 atom stereocenters. The third kappa shape index (κ3) is 4.63. The molecule has 0 saturated heterocycles. The van der Waals surface area contributed by atoms with Crippen LogP contribution in [0.3, 0.4) is 0 Å². The second-order valence-corrected chi connectivity index (χ2v) is 6.15. The van der Waals surface area contributed by atoms with Crippen LogP contribution in [0.4, 0.5) is 17.5 Å². The van der Waals surface area contributed by atoms with Gasteiger partial charge in [0.2, 0.25) is 5.95 Å². The van der Waals surface area contributed by atoms with E-state index in [1.54, 1.807) is 20.4 Å². The van der Waals surface area contributed by atoms with E-state index in [0.717, 1.165) is 16.8 Å². The molecule has 7 nitrogen and oxygen atoms in total. The topological polar surface area (TPSA) is 81.2 Å². The highest BCUT2D eigenvalue weighted by molar-refractivity contribution is 5.60. The van der Waals surface area contributed by atoms with Crippen LogP contribution in [0.2, 0.25) is 0 Å². The minimum absolute atomic E-state index is 0.444. The van der Waals surface area contributed by atoms with Gasteiger partial charge in [0.15, 0.2) is 17.3 Å². The Morgan fingerprint density at radius 1 is 0.963 bits per heavy atom. The van der Waals surface area contributed by atoms with E-state index in [1.807, 2.05) is 24.3 Å². The van der Waals surface area contributed by atoms with Crippen molar-refractivity contribution in [3.63, 3.8) is 0 Å². The Hall–Kier alpha value is -3.35. The summed E-state index contributed by atoms with van der Waals surface area (Å²) in [6.07, 6.45) is 1.60. The van der Waals surface area contributed by atoms with Crippen LogP contribution < -0.4 is 20.1 Å². The highest BCUT2D eigenvalue weighted by Crippen LogP contribution is 2.27. The molecule has 0 amide bonds. The number of rotatable bonds is 7. The lowest BCUT2D eigenvalue weighted by Crippen LogP contribution is -2.07. The molecule has 0 spiro atoms. The Kier molecular flexibility index (Phi) is 5.71. The first-order valence-electron chi connectivity index (χ1n) is 8.58. The Morgan fingerprint density at radius 2 is 1.78 bits per heavy atom. The molecule has 0 fully saturated rings. The molecule has 0 aliphatic heterocycles. The second-order valence-electron chi connectivity index (χ2n) is 6.15.